The molecule has 0 heterocycles. The SMILES string of the molecule is CCOP(OCC[C@H](O)CCC(C)(C)CC(C)(C)C)[C@@H](O)CO. The molecule has 0 saturated heterocycles. The molecule has 0 fully saturated rings. The molecular formula is C17H37O5P. The maximum atomic E-state index is 10.1. The van der Waals surface area contributed by atoms with E-state index in [1.165, 1.54) is 0 Å². The van der Waals surface area contributed by atoms with E-state index in [1.54, 1.807) is 0 Å². The molecule has 0 aliphatic heterocycles. The summed E-state index contributed by atoms with van der Waals surface area (Å²) in [6.07, 6.45) is 2.91. The molecule has 0 aromatic heterocycles. The lowest BCUT2D eigenvalue weighted by molar-refractivity contribution is 0.0923. The fourth-order valence-corrected chi connectivity index (χ4v) is 4.00. The first-order valence-corrected chi connectivity index (χ1v) is 9.77. The third-order valence-corrected chi connectivity index (χ3v) is 5.10. The van der Waals surface area contributed by atoms with Crippen LogP contribution >= 0.6 is 8.38 Å². The van der Waals surface area contributed by atoms with Crippen molar-refractivity contribution in [1.29, 1.82) is 0 Å². The summed E-state index contributed by atoms with van der Waals surface area (Å²) in [5.74, 6) is -0.993. The van der Waals surface area contributed by atoms with Crippen molar-refractivity contribution in [2.75, 3.05) is 19.8 Å². The maximum Gasteiger partial charge on any atom is 0.203 e. The second kappa shape index (κ2) is 11.0. The van der Waals surface area contributed by atoms with E-state index in [0.717, 1.165) is 19.3 Å². The normalized spacial score (nSPS) is 17.1. The lowest BCUT2D eigenvalue weighted by atomic mass is 9.73. The van der Waals surface area contributed by atoms with Crippen LogP contribution in [0.25, 0.3) is 0 Å². The van der Waals surface area contributed by atoms with Crippen LogP contribution in [0.4, 0.5) is 0 Å². The van der Waals surface area contributed by atoms with Crippen LogP contribution in [0.3, 0.4) is 0 Å². The van der Waals surface area contributed by atoms with Gasteiger partial charge in [-0.05, 0) is 43.4 Å². The van der Waals surface area contributed by atoms with E-state index in [-0.39, 0.29) is 17.4 Å². The summed E-state index contributed by atoms with van der Waals surface area (Å²) in [5.41, 5.74) is 0.483. The molecule has 0 amide bonds. The maximum absolute atomic E-state index is 10.1. The summed E-state index contributed by atoms with van der Waals surface area (Å²) >= 11 is 0. The van der Waals surface area contributed by atoms with Crippen LogP contribution in [0.15, 0.2) is 0 Å². The predicted octanol–water partition coefficient (Wildman–Crippen LogP) is 3.66. The molecule has 0 saturated carbocycles. The highest BCUT2D eigenvalue weighted by Crippen LogP contribution is 2.42. The van der Waals surface area contributed by atoms with Crippen LogP contribution in [-0.2, 0) is 9.05 Å². The fraction of sp³-hybridized carbons (Fsp3) is 1.00. The van der Waals surface area contributed by atoms with Crippen molar-refractivity contribution in [3.63, 3.8) is 0 Å². The average molecular weight is 352 g/mol. The Morgan fingerprint density at radius 1 is 1.00 bits per heavy atom. The van der Waals surface area contributed by atoms with Gasteiger partial charge in [0.1, 0.15) is 5.85 Å². The van der Waals surface area contributed by atoms with Gasteiger partial charge in [-0.25, -0.2) is 0 Å². The zero-order valence-corrected chi connectivity index (χ0v) is 16.6. The van der Waals surface area contributed by atoms with Crippen LogP contribution in [0.1, 0.15) is 67.2 Å². The van der Waals surface area contributed by atoms with Gasteiger partial charge < -0.3 is 24.4 Å². The van der Waals surface area contributed by atoms with E-state index < -0.39 is 20.3 Å². The van der Waals surface area contributed by atoms with E-state index >= 15 is 0 Å². The molecule has 0 bridgehead atoms. The smallest absolute Gasteiger partial charge is 0.203 e. The predicted molar refractivity (Wildman–Crippen MR) is 95.3 cm³/mol. The third kappa shape index (κ3) is 12.3. The van der Waals surface area contributed by atoms with Gasteiger partial charge in [-0.2, -0.15) is 0 Å². The number of aliphatic hydroxyl groups excluding tert-OH is 3. The Labute approximate surface area is 143 Å². The molecular weight excluding hydrogens is 315 g/mol. The molecule has 0 aliphatic rings. The molecule has 3 atom stereocenters. The molecule has 140 valence electrons. The van der Waals surface area contributed by atoms with E-state index in [2.05, 4.69) is 34.6 Å². The molecule has 6 heteroatoms. The van der Waals surface area contributed by atoms with Crippen LogP contribution in [0, 0.1) is 10.8 Å². The van der Waals surface area contributed by atoms with Crippen molar-refractivity contribution in [1.82, 2.24) is 0 Å². The zero-order valence-electron chi connectivity index (χ0n) is 15.7. The lowest BCUT2D eigenvalue weighted by Crippen LogP contribution is -2.23. The van der Waals surface area contributed by atoms with Crippen molar-refractivity contribution in [3.05, 3.63) is 0 Å². The van der Waals surface area contributed by atoms with Crippen LogP contribution in [0.5, 0.6) is 0 Å². The molecule has 0 rings (SSSR count). The highest BCUT2D eigenvalue weighted by atomic mass is 31.2. The van der Waals surface area contributed by atoms with E-state index in [4.69, 9.17) is 14.2 Å². The second-order valence-electron chi connectivity index (χ2n) is 8.08. The standard InChI is InChI=1S/C17H37O5P/c1-7-21-23(15(20)12-18)22-11-9-14(19)8-10-17(5,6)13-16(2,3)4/h14-15,18-20H,7-13H2,1-6H3/t14-,15-,23?/m1/s1. The third-order valence-electron chi connectivity index (χ3n) is 3.50. The number of hydrogen-bond acceptors (Lipinski definition) is 5. The van der Waals surface area contributed by atoms with Crippen molar-refractivity contribution in [2.45, 2.75) is 79.2 Å². The highest BCUT2D eigenvalue weighted by Gasteiger charge is 2.26. The lowest BCUT2D eigenvalue weighted by Gasteiger charge is -2.33. The quantitative estimate of drug-likeness (QED) is 0.467. The molecule has 23 heavy (non-hydrogen) atoms. The van der Waals surface area contributed by atoms with Gasteiger partial charge in [-0.3, -0.25) is 0 Å². The molecule has 0 spiro atoms. The summed E-state index contributed by atoms with van der Waals surface area (Å²) in [4.78, 5) is 0. The van der Waals surface area contributed by atoms with Crippen molar-refractivity contribution >= 4 is 8.38 Å². The first-order valence-electron chi connectivity index (χ1n) is 8.53. The van der Waals surface area contributed by atoms with Crippen molar-refractivity contribution in [3.8, 4) is 0 Å². The molecule has 0 aromatic rings. The molecule has 0 radical (unpaired) electrons. The Bertz CT molecular complexity index is 304. The highest BCUT2D eigenvalue weighted by molar-refractivity contribution is 7.47. The molecule has 0 aromatic carbocycles. The molecule has 1 unspecified atom stereocenters. The number of hydrogen-bond donors (Lipinski definition) is 3. The van der Waals surface area contributed by atoms with Crippen LogP contribution in [-0.4, -0.2) is 47.1 Å². The Balaban J connectivity index is 4.08. The van der Waals surface area contributed by atoms with Gasteiger partial charge in [0, 0.05) is 0 Å². The fourth-order valence-electron chi connectivity index (χ4n) is 2.91. The Kier molecular flexibility index (Phi) is 11.1. The van der Waals surface area contributed by atoms with Gasteiger partial charge in [0.2, 0.25) is 8.38 Å². The topological polar surface area (TPSA) is 79.2 Å². The summed E-state index contributed by atoms with van der Waals surface area (Å²) in [7, 11) is -1.51. The first kappa shape index (κ1) is 23.2. The molecule has 5 nitrogen and oxygen atoms in total. The molecule has 3 N–H and O–H groups in total. The van der Waals surface area contributed by atoms with Crippen molar-refractivity contribution < 1.29 is 24.4 Å². The van der Waals surface area contributed by atoms with Gasteiger partial charge in [0.25, 0.3) is 0 Å². The van der Waals surface area contributed by atoms with Crippen LogP contribution in [0.2, 0.25) is 0 Å². The largest absolute Gasteiger partial charge is 0.393 e. The number of rotatable bonds is 12. The minimum Gasteiger partial charge on any atom is -0.393 e. The second-order valence-corrected chi connectivity index (χ2v) is 9.77. The first-order chi connectivity index (χ1) is 10.5. The van der Waals surface area contributed by atoms with E-state index in [9.17, 15) is 10.2 Å². The monoisotopic (exact) mass is 352 g/mol. The van der Waals surface area contributed by atoms with E-state index in [1.807, 2.05) is 6.92 Å². The van der Waals surface area contributed by atoms with Gasteiger partial charge in [0.05, 0.1) is 25.9 Å². The van der Waals surface area contributed by atoms with Gasteiger partial charge in [-0.1, -0.05) is 34.6 Å². The summed E-state index contributed by atoms with van der Waals surface area (Å²) in [5, 5.41) is 28.7. The van der Waals surface area contributed by atoms with E-state index in [0.29, 0.717) is 19.6 Å². The summed E-state index contributed by atoms with van der Waals surface area (Å²) in [6, 6.07) is 0. The van der Waals surface area contributed by atoms with Gasteiger partial charge in [-0.15, -0.1) is 0 Å². The van der Waals surface area contributed by atoms with Crippen LogP contribution < -0.4 is 0 Å². The minimum atomic E-state index is -1.51. The Morgan fingerprint density at radius 3 is 2.09 bits per heavy atom. The summed E-state index contributed by atoms with van der Waals surface area (Å²) < 4.78 is 10.8. The van der Waals surface area contributed by atoms with Crippen molar-refractivity contribution in [2.24, 2.45) is 10.8 Å². The summed E-state index contributed by atoms with van der Waals surface area (Å²) in [6.45, 7) is 13.4. The Morgan fingerprint density at radius 2 is 1.61 bits per heavy atom. The molecule has 0 aliphatic carbocycles. The minimum absolute atomic E-state index is 0.200. The average Bonchev–Trinajstić information content (AvgIpc) is 2.41. The number of aliphatic hydroxyl groups is 3. The van der Waals surface area contributed by atoms with Gasteiger partial charge in [0.15, 0.2) is 0 Å². The Hall–Kier alpha value is 0.230. The van der Waals surface area contributed by atoms with Gasteiger partial charge >= 0.3 is 0 Å². The zero-order chi connectivity index (χ0) is 18.1.